The van der Waals surface area contributed by atoms with E-state index in [9.17, 15) is 0 Å². The highest BCUT2D eigenvalue weighted by Gasteiger charge is 2.33. The fraction of sp³-hybridized carbons (Fsp3) is 0.0357. The number of rotatable bonds is 2. The van der Waals surface area contributed by atoms with E-state index in [-0.39, 0.29) is 0 Å². The van der Waals surface area contributed by atoms with Crippen LogP contribution in [-0.2, 0) is 0 Å². The number of benzene rings is 12. The van der Waals surface area contributed by atoms with Crippen molar-refractivity contribution < 1.29 is 0 Å². The van der Waals surface area contributed by atoms with Crippen LogP contribution in [0, 0.1) is 13.8 Å². The summed E-state index contributed by atoms with van der Waals surface area (Å²) in [4.78, 5) is 0. The van der Waals surface area contributed by atoms with Gasteiger partial charge in [0.15, 0.2) is 0 Å². The van der Waals surface area contributed by atoms with Crippen LogP contribution in [0.2, 0.25) is 0 Å². The molecule has 0 N–H and O–H groups in total. The van der Waals surface area contributed by atoms with E-state index in [0.29, 0.717) is 0 Å². The van der Waals surface area contributed by atoms with Crippen LogP contribution in [0.25, 0.3) is 131 Å². The van der Waals surface area contributed by atoms with Gasteiger partial charge in [-0.05, 0) is 186 Å². The zero-order chi connectivity index (χ0) is 36.8. The average Bonchev–Trinajstić information content (AvgIpc) is 3.56. The molecule has 0 saturated heterocycles. The van der Waals surface area contributed by atoms with E-state index in [0.717, 1.165) is 0 Å². The largest absolute Gasteiger partial charge is 0.0620 e. The highest BCUT2D eigenvalue weighted by molar-refractivity contribution is 6.37. The predicted molar refractivity (Wildman–Crippen MR) is 242 cm³/mol. The van der Waals surface area contributed by atoms with Gasteiger partial charge in [0.2, 0.25) is 0 Å². The van der Waals surface area contributed by atoms with Crippen molar-refractivity contribution in [1.82, 2.24) is 0 Å². The molecule has 12 aromatic carbocycles. The van der Waals surface area contributed by atoms with Crippen LogP contribution < -0.4 is 0 Å². The molecule has 1 aliphatic carbocycles. The third-order valence-corrected chi connectivity index (χ3v) is 13.1. The van der Waals surface area contributed by atoms with Gasteiger partial charge in [0, 0.05) is 0 Å². The number of fused-ring (bicyclic) bond motifs is 11. The number of aryl methyl sites for hydroxylation is 2. The first-order chi connectivity index (χ1) is 27.6. The Bertz CT molecular complexity index is 3710. The van der Waals surface area contributed by atoms with Gasteiger partial charge in [-0.25, -0.2) is 0 Å². The summed E-state index contributed by atoms with van der Waals surface area (Å²) in [7, 11) is 0. The summed E-state index contributed by atoms with van der Waals surface area (Å²) >= 11 is 0. The van der Waals surface area contributed by atoms with Gasteiger partial charge in [-0.2, -0.15) is 0 Å². The number of hydrogen-bond donors (Lipinski definition) is 0. The molecule has 258 valence electrons. The van der Waals surface area contributed by atoms with E-state index in [1.54, 1.807) is 0 Å². The van der Waals surface area contributed by atoms with Crippen LogP contribution >= 0.6 is 0 Å². The van der Waals surface area contributed by atoms with E-state index in [1.807, 2.05) is 0 Å². The Morgan fingerprint density at radius 2 is 0.696 bits per heavy atom. The van der Waals surface area contributed by atoms with Crippen molar-refractivity contribution in [2.24, 2.45) is 0 Å². The molecule has 0 amide bonds. The highest BCUT2D eigenvalue weighted by atomic mass is 14.4. The minimum Gasteiger partial charge on any atom is -0.0620 e. The van der Waals surface area contributed by atoms with Crippen molar-refractivity contribution in [2.45, 2.75) is 13.8 Å². The number of hydrogen-bond acceptors (Lipinski definition) is 0. The van der Waals surface area contributed by atoms with Gasteiger partial charge >= 0.3 is 0 Å². The molecule has 0 aromatic heterocycles. The monoisotopic (exact) mass is 706 g/mol. The Labute approximate surface area is 324 Å². The molecule has 0 radical (unpaired) electrons. The van der Waals surface area contributed by atoms with Crippen LogP contribution in [0.4, 0.5) is 0 Å². The molecule has 12 aromatic rings. The van der Waals surface area contributed by atoms with Crippen LogP contribution in [0.3, 0.4) is 0 Å². The van der Waals surface area contributed by atoms with Crippen LogP contribution in [-0.4, -0.2) is 0 Å². The summed E-state index contributed by atoms with van der Waals surface area (Å²) in [5.74, 6) is 0. The first-order valence-electron chi connectivity index (χ1n) is 19.8. The SMILES string of the molecule is Cc1ccccc1-c1c2c(c(-c3ccccc3C)c3cc4c5cc6ccccc6cc5c5ccccc5c4cc13)-c1cc3cccc4ccc5ccc-2c1c5c43. The molecular formula is C56H34. The maximum absolute atomic E-state index is 2.56. The molecule has 0 atom stereocenters. The fourth-order valence-corrected chi connectivity index (χ4v) is 10.7. The minimum absolute atomic E-state index is 1.27. The minimum atomic E-state index is 1.27. The molecule has 56 heavy (non-hydrogen) atoms. The molecule has 0 nitrogen and oxygen atoms in total. The zero-order valence-electron chi connectivity index (χ0n) is 31.2. The van der Waals surface area contributed by atoms with Gasteiger partial charge in [-0.15, -0.1) is 0 Å². The second-order valence-electron chi connectivity index (χ2n) is 16.0. The van der Waals surface area contributed by atoms with Crippen molar-refractivity contribution in [1.29, 1.82) is 0 Å². The first kappa shape index (κ1) is 30.3. The summed E-state index contributed by atoms with van der Waals surface area (Å²) in [5, 5.41) is 21.0. The van der Waals surface area contributed by atoms with E-state index in [2.05, 4.69) is 184 Å². The molecule has 0 spiro atoms. The van der Waals surface area contributed by atoms with Gasteiger partial charge < -0.3 is 0 Å². The van der Waals surface area contributed by atoms with Gasteiger partial charge in [0.05, 0.1) is 0 Å². The fourth-order valence-electron chi connectivity index (χ4n) is 10.7. The molecule has 0 aliphatic heterocycles. The van der Waals surface area contributed by atoms with Crippen molar-refractivity contribution in [3.63, 3.8) is 0 Å². The van der Waals surface area contributed by atoms with Crippen molar-refractivity contribution in [2.75, 3.05) is 0 Å². The zero-order valence-corrected chi connectivity index (χ0v) is 31.2. The van der Waals surface area contributed by atoms with Gasteiger partial charge in [-0.1, -0.05) is 140 Å². The third kappa shape index (κ3) is 3.83. The first-order valence-corrected chi connectivity index (χ1v) is 19.8. The Balaban J connectivity index is 1.33. The topological polar surface area (TPSA) is 0 Å². The lowest BCUT2D eigenvalue weighted by Crippen LogP contribution is -1.97. The lowest BCUT2D eigenvalue weighted by Gasteiger charge is -2.23. The molecule has 0 bridgehead atoms. The summed E-state index contributed by atoms with van der Waals surface area (Å²) in [6.45, 7) is 4.56. The average molecular weight is 707 g/mol. The van der Waals surface area contributed by atoms with Crippen molar-refractivity contribution in [3.05, 3.63) is 181 Å². The maximum atomic E-state index is 2.56. The van der Waals surface area contributed by atoms with Gasteiger partial charge in [-0.3, -0.25) is 0 Å². The van der Waals surface area contributed by atoms with Gasteiger partial charge in [0.1, 0.15) is 0 Å². The Morgan fingerprint density at radius 1 is 0.232 bits per heavy atom. The molecule has 0 saturated carbocycles. The molecule has 0 heteroatoms. The van der Waals surface area contributed by atoms with E-state index in [1.165, 1.54) is 142 Å². The van der Waals surface area contributed by atoms with Gasteiger partial charge in [0.25, 0.3) is 0 Å². The molecule has 0 fully saturated rings. The van der Waals surface area contributed by atoms with E-state index in [4.69, 9.17) is 0 Å². The van der Waals surface area contributed by atoms with E-state index < -0.39 is 0 Å². The molecule has 13 rings (SSSR count). The summed E-state index contributed by atoms with van der Waals surface area (Å²) < 4.78 is 0. The Morgan fingerprint density at radius 3 is 1.34 bits per heavy atom. The second-order valence-corrected chi connectivity index (χ2v) is 16.0. The smallest absolute Gasteiger partial charge is 0.000708 e. The van der Waals surface area contributed by atoms with Crippen LogP contribution in [0.15, 0.2) is 170 Å². The second kappa shape index (κ2) is 10.8. The summed E-state index contributed by atoms with van der Waals surface area (Å²) in [5.41, 5.74) is 13.2. The summed E-state index contributed by atoms with van der Waals surface area (Å²) in [6, 6.07) is 64.6. The maximum Gasteiger partial charge on any atom is -0.000708 e. The van der Waals surface area contributed by atoms with Crippen LogP contribution in [0.1, 0.15) is 11.1 Å². The molecule has 0 heterocycles. The lowest BCUT2D eigenvalue weighted by atomic mass is 9.79. The lowest BCUT2D eigenvalue weighted by molar-refractivity contribution is 1.46. The van der Waals surface area contributed by atoms with Crippen molar-refractivity contribution >= 4 is 86.2 Å². The standard InChI is InChI=1S/C56H34/c1-31-12-3-7-18-38(31)52-47-29-45-41-21-10-9-20-40(41)43-26-35-14-5-6-15-36(35)27-44(43)46(45)30-48(47)53(39-19-8-4-13-32(39)2)56-49-28-37-17-11-16-33-22-23-34-24-25-42(55(52)56)54(49)51(34)50(33)37/h3-30H,1-2H3. The van der Waals surface area contributed by atoms with Crippen molar-refractivity contribution in [3.8, 4) is 44.5 Å². The summed E-state index contributed by atoms with van der Waals surface area (Å²) in [6.07, 6.45) is 0. The quantitative estimate of drug-likeness (QED) is 0.124. The molecular weight excluding hydrogens is 673 g/mol. The predicted octanol–water partition coefficient (Wildman–Crippen LogP) is 15.9. The molecule has 1 aliphatic rings. The van der Waals surface area contributed by atoms with E-state index >= 15 is 0 Å². The third-order valence-electron chi connectivity index (χ3n) is 13.1. The highest BCUT2D eigenvalue weighted by Crippen LogP contribution is 2.60. The van der Waals surface area contributed by atoms with Crippen LogP contribution in [0.5, 0.6) is 0 Å². The normalized spacial score (nSPS) is 12.5. The Kier molecular flexibility index (Phi) is 5.85. The molecule has 0 unspecified atom stereocenters. The Hall–Kier alpha value is -7.02.